The van der Waals surface area contributed by atoms with Crippen molar-refractivity contribution in [3.8, 4) is 5.69 Å². The van der Waals surface area contributed by atoms with E-state index >= 15 is 0 Å². The smallest absolute Gasteiger partial charge is 0.276 e. The van der Waals surface area contributed by atoms with E-state index in [1.54, 1.807) is 37.3 Å². The number of aromatic nitrogens is 2. The average Bonchev–Trinajstić information content (AvgIpc) is 2.59. The zero-order chi connectivity index (χ0) is 17.1. The molecule has 1 N–H and O–H groups in total. The van der Waals surface area contributed by atoms with Gasteiger partial charge in [-0.1, -0.05) is 24.3 Å². The molecule has 0 aliphatic heterocycles. The van der Waals surface area contributed by atoms with E-state index in [2.05, 4.69) is 10.4 Å². The summed E-state index contributed by atoms with van der Waals surface area (Å²) >= 11 is 0. The normalized spacial score (nSPS) is 10.4. The molecular weight excluding hydrogens is 309 g/mol. The second-order valence-corrected chi connectivity index (χ2v) is 5.22. The molecule has 0 saturated heterocycles. The van der Waals surface area contributed by atoms with Gasteiger partial charge in [-0.25, -0.2) is 4.39 Å². The fraction of sp³-hybridized carbons (Fsp3) is 0.0556. The first-order chi connectivity index (χ1) is 11.5. The van der Waals surface area contributed by atoms with Gasteiger partial charge >= 0.3 is 0 Å². The monoisotopic (exact) mass is 323 g/mol. The Balaban J connectivity index is 1.94. The van der Waals surface area contributed by atoms with Crippen LogP contribution in [0.3, 0.4) is 0 Å². The van der Waals surface area contributed by atoms with Crippen molar-refractivity contribution in [1.82, 2.24) is 9.78 Å². The molecule has 5 nitrogen and oxygen atoms in total. The molecule has 0 saturated carbocycles. The number of para-hydroxylation sites is 1. The van der Waals surface area contributed by atoms with Crippen LogP contribution in [0.15, 0.2) is 65.5 Å². The highest BCUT2D eigenvalue weighted by molar-refractivity contribution is 6.03. The Bertz CT molecular complexity index is 952. The Morgan fingerprint density at radius 3 is 2.58 bits per heavy atom. The maximum atomic E-state index is 13.3. The second kappa shape index (κ2) is 6.45. The molecule has 0 aliphatic carbocycles. The molecule has 120 valence electrons. The van der Waals surface area contributed by atoms with Crippen molar-refractivity contribution in [2.45, 2.75) is 6.92 Å². The summed E-state index contributed by atoms with van der Waals surface area (Å²) in [6.45, 7) is 1.76. The summed E-state index contributed by atoms with van der Waals surface area (Å²) in [5, 5.41) is 6.70. The van der Waals surface area contributed by atoms with Crippen molar-refractivity contribution in [3.05, 3.63) is 88.1 Å². The summed E-state index contributed by atoms with van der Waals surface area (Å²) in [5.41, 5.74) is 1.35. The Morgan fingerprint density at radius 2 is 1.83 bits per heavy atom. The third kappa shape index (κ3) is 3.22. The van der Waals surface area contributed by atoms with Gasteiger partial charge in [-0.15, -0.1) is 0 Å². The van der Waals surface area contributed by atoms with E-state index in [1.165, 1.54) is 24.3 Å². The number of carbonyl (C=O) groups excluding carboxylic acids is 1. The lowest BCUT2D eigenvalue weighted by Gasteiger charge is -2.09. The number of hydrogen-bond donors (Lipinski definition) is 1. The summed E-state index contributed by atoms with van der Waals surface area (Å²) in [4.78, 5) is 24.3. The van der Waals surface area contributed by atoms with Crippen LogP contribution in [0.1, 0.15) is 16.1 Å². The molecule has 0 atom stereocenters. The second-order valence-electron chi connectivity index (χ2n) is 5.22. The predicted octanol–water partition coefficient (Wildman–Crippen LogP) is 2.93. The minimum atomic E-state index is -0.520. The summed E-state index contributed by atoms with van der Waals surface area (Å²) in [6.07, 6.45) is 0. The van der Waals surface area contributed by atoms with Crippen LogP contribution in [0.2, 0.25) is 0 Å². The fourth-order valence-corrected chi connectivity index (χ4v) is 2.20. The van der Waals surface area contributed by atoms with E-state index in [1.807, 2.05) is 6.07 Å². The Morgan fingerprint density at radius 1 is 1.08 bits per heavy atom. The maximum Gasteiger partial charge on any atom is 0.276 e. The number of anilines is 1. The first-order valence-electron chi connectivity index (χ1n) is 7.28. The summed E-state index contributed by atoms with van der Waals surface area (Å²) in [5.74, 6) is -0.966. The first-order valence-corrected chi connectivity index (χ1v) is 7.28. The van der Waals surface area contributed by atoms with E-state index in [4.69, 9.17) is 0 Å². The van der Waals surface area contributed by atoms with Crippen LogP contribution in [0.25, 0.3) is 5.69 Å². The van der Waals surface area contributed by atoms with E-state index in [0.29, 0.717) is 11.4 Å². The molecular formula is C18H14FN3O2. The largest absolute Gasteiger partial charge is 0.320 e. The van der Waals surface area contributed by atoms with Crippen LogP contribution in [0, 0.1) is 12.7 Å². The van der Waals surface area contributed by atoms with Gasteiger partial charge in [-0.3, -0.25) is 9.59 Å². The van der Waals surface area contributed by atoms with E-state index in [-0.39, 0.29) is 11.3 Å². The molecule has 0 radical (unpaired) electrons. The lowest BCUT2D eigenvalue weighted by atomic mass is 10.2. The standard InChI is InChI=1S/C18H14FN3O2/c1-12-7-8-13(19)11-16(12)20-18(24)15-9-10-17(23)22(21-15)14-5-3-2-4-6-14/h2-11H,1H3,(H,20,24). The molecule has 0 fully saturated rings. The van der Waals surface area contributed by atoms with Gasteiger partial charge in [0.15, 0.2) is 0 Å². The van der Waals surface area contributed by atoms with E-state index in [0.717, 1.165) is 10.2 Å². The van der Waals surface area contributed by atoms with Gasteiger partial charge in [0.05, 0.1) is 5.69 Å². The van der Waals surface area contributed by atoms with Crippen LogP contribution in [0.4, 0.5) is 10.1 Å². The van der Waals surface area contributed by atoms with Crippen molar-refractivity contribution in [3.63, 3.8) is 0 Å². The fourth-order valence-electron chi connectivity index (χ4n) is 2.20. The van der Waals surface area contributed by atoms with Crippen molar-refractivity contribution < 1.29 is 9.18 Å². The molecule has 0 bridgehead atoms. The van der Waals surface area contributed by atoms with Crippen LogP contribution < -0.4 is 10.9 Å². The Labute approximate surface area is 137 Å². The molecule has 0 aliphatic rings. The highest BCUT2D eigenvalue weighted by atomic mass is 19.1. The number of rotatable bonds is 3. The third-order valence-corrected chi connectivity index (χ3v) is 3.48. The number of aryl methyl sites for hydroxylation is 1. The topological polar surface area (TPSA) is 64.0 Å². The highest BCUT2D eigenvalue weighted by Crippen LogP contribution is 2.16. The third-order valence-electron chi connectivity index (χ3n) is 3.48. The zero-order valence-corrected chi connectivity index (χ0v) is 12.9. The zero-order valence-electron chi connectivity index (χ0n) is 12.9. The first kappa shape index (κ1) is 15.6. The highest BCUT2D eigenvalue weighted by Gasteiger charge is 2.12. The average molecular weight is 323 g/mol. The van der Waals surface area contributed by atoms with Gasteiger partial charge in [0, 0.05) is 11.8 Å². The minimum Gasteiger partial charge on any atom is -0.320 e. The number of nitrogens with one attached hydrogen (secondary N) is 1. The summed E-state index contributed by atoms with van der Waals surface area (Å²) < 4.78 is 14.5. The lowest BCUT2D eigenvalue weighted by Crippen LogP contribution is -2.25. The minimum absolute atomic E-state index is 0.0575. The van der Waals surface area contributed by atoms with E-state index < -0.39 is 11.7 Å². The number of amides is 1. The van der Waals surface area contributed by atoms with Gasteiger partial charge in [0.1, 0.15) is 11.5 Å². The molecule has 0 spiro atoms. The van der Waals surface area contributed by atoms with E-state index in [9.17, 15) is 14.0 Å². The SMILES string of the molecule is Cc1ccc(F)cc1NC(=O)c1ccc(=O)n(-c2ccccc2)n1. The predicted molar refractivity (Wildman–Crippen MR) is 88.9 cm³/mol. The summed E-state index contributed by atoms with van der Waals surface area (Å²) in [7, 11) is 0. The Hall–Kier alpha value is -3.28. The molecule has 2 aromatic carbocycles. The van der Waals surface area contributed by atoms with Crippen LogP contribution in [-0.2, 0) is 0 Å². The van der Waals surface area contributed by atoms with Crippen LogP contribution in [-0.4, -0.2) is 15.7 Å². The van der Waals surface area contributed by atoms with Crippen molar-refractivity contribution >= 4 is 11.6 Å². The van der Waals surface area contributed by atoms with Gasteiger partial charge in [-0.2, -0.15) is 9.78 Å². The van der Waals surface area contributed by atoms with Crippen molar-refractivity contribution in [1.29, 1.82) is 0 Å². The number of carbonyl (C=O) groups is 1. The maximum absolute atomic E-state index is 13.3. The quantitative estimate of drug-likeness (QED) is 0.806. The van der Waals surface area contributed by atoms with Crippen LogP contribution >= 0.6 is 0 Å². The van der Waals surface area contributed by atoms with Gasteiger partial charge in [-0.05, 0) is 42.8 Å². The Kier molecular flexibility index (Phi) is 4.20. The van der Waals surface area contributed by atoms with Crippen LogP contribution in [0.5, 0.6) is 0 Å². The molecule has 3 aromatic rings. The van der Waals surface area contributed by atoms with Crippen molar-refractivity contribution in [2.75, 3.05) is 5.32 Å². The number of benzene rings is 2. The molecule has 0 unspecified atom stereocenters. The number of nitrogens with zero attached hydrogens (tertiary/aromatic N) is 2. The van der Waals surface area contributed by atoms with Crippen molar-refractivity contribution in [2.24, 2.45) is 0 Å². The van der Waals surface area contributed by atoms with Gasteiger partial charge < -0.3 is 5.32 Å². The molecule has 1 heterocycles. The van der Waals surface area contributed by atoms with Gasteiger partial charge in [0.25, 0.3) is 11.5 Å². The lowest BCUT2D eigenvalue weighted by molar-refractivity contribution is 0.102. The molecule has 6 heteroatoms. The molecule has 1 aromatic heterocycles. The molecule has 1 amide bonds. The number of hydrogen-bond acceptors (Lipinski definition) is 3. The number of halogens is 1. The molecule has 24 heavy (non-hydrogen) atoms. The van der Waals surface area contributed by atoms with Gasteiger partial charge in [0.2, 0.25) is 0 Å². The molecule has 3 rings (SSSR count). The summed E-state index contributed by atoms with van der Waals surface area (Å²) in [6, 6.07) is 15.5.